The summed E-state index contributed by atoms with van der Waals surface area (Å²) in [5, 5.41) is 8.03. The van der Waals surface area contributed by atoms with E-state index in [2.05, 4.69) is 10.2 Å². The minimum atomic E-state index is -0.361. The van der Waals surface area contributed by atoms with Gasteiger partial charge in [0.2, 0.25) is 17.7 Å². The van der Waals surface area contributed by atoms with Crippen LogP contribution in [0.25, 0.3) is 11.7 Å². The van der Waals surface area contributed by atoms with Crippen molar-refractivity contribution in [2.24, 2.45) is 5.92 Å². The first-order valence-corrected chi connectivity index (χ1v) is 10.1. The summed E-state index contributed by atoms with van der Waals surface area (Å²) in [5.41, 5.74) is 1.06. The van der Waals surface area contributed by atoms with Crippen molar-refractivity contribution in [2.75, 3.05) is 13.1 Å². The predicted molar refractivity (Wildman–Crippen MR) is 108 cm³/mol. The van der Waals surface area contributed by atoms with Gasteiger partial charge in [-0.25, -0.2) is 0 Å². The van der Waals surface area contributed by atoms with Gasteiger partial charge < -0.3 is 18.6 Å². The van der Waals surface area contributed by atoms with Gasteiger partial charge in [-0.05, 0) is 24.1 Å². The lowest BCUT2D eigenvalue weighted by atomic mass is 10.1. The van der Waals surface area contributed by atoms with Gasteiger partial charge in [0, 0.05) is 26.1 Å². The highest BCUT2D eigenvalue weighted by atomic mass is 16.4. The summed E-state index contributed by atoms with van der Waals surface area (Å²) in [4.78, 5) is 29.1. The van der Waals surface area contributed by atoms with Crippen molar-refractivity contribution in [3.05, 3.63) is 60.2 Å². The van der Waals surface area contributed by atoms with Crippen LogP contribution in [0.3, 0.4) is 0 Å². The Labute approximate surface area is 174 Å². The fourth-order valence-corrected chi connectivity index (χ4v) is 3.67. The molecule has 0 bridgehead atoms. The van der Waals surface area contributed by atoms with Crippen LogP contribution >= 0.6 is 0 Å². The van der Waals surface area contributed by atoms with Crippen LogP contribution in [-0.2, 0) is 22.7 Å². The topological polar surface area (TPSA) is 92.7 Å². The average molecular weight is 408 g/mol. The molecule has 2 amide bonds. The zero-order chi connectivity index (χ0) is 20.9. The second kappa shape index (κ2) is 8.94. The summed E-state index contributed by atoms with van der Waals surface area (Å²) >= 11 is 0. The molecule has 30 heavy (non-hydrogen) atoms. The van der Waals surface area contributed by atoms with E-state index in [0.717, 1.165) is 12.0 Å². The van der Waals surface area contributed by atoms with Crippen LogP contribution in [0.15, 0.2) is 57.6 Å². The lowest BCUT2D eigenvalue weighted by molar-refractivity contribution is -0.136. The molecule has 0 aliphatic carbocycles. The van der Waals surface area contributed by atoms with Gasteiger partial charge in [-0.2, -0.15) is 0 Å². The number of amides is 2. The molecule has 0 unspecified atom stereocenters. The van der Waals surface area contributed by atoms with Gasteiger partial charge in [0.1, 0.15) is 0 Å². The lowest BCUT2D eigenvalue weighted by Gasteiger charge is -2.24. The fourth-order valence-electron chi connectivity index (χ4n) is 3.67. The van der Waals surface area contributed by atoms with E-state index in [-0.39, 0.29) is 36.6 Å². The van der Waals surface area contributed by atoms with Crippen molar-refractivity contribution in [3.63, 3.8) is 0 Å². The Balaban J connectivity index is 1.41. The maximum absolute atomic E-state index is 13.2. The molecule has 1 aliphatic heterocycles. The van der Waals surface area contributed by atoms with Gasteiger partial charge in [-0.1, -0.05) is 37.3 Å². The van der Waals surface area contributed by atoms with Gasteiger partial charge in [-0.3, -0.25) is 9.59 Å². The number of aromatic nitrogens is 2. The Morgan fingerprint density at radius 2 is 2.03 bits per heavy atom. The summed E-state index contributed by atoms with van der Waals surface area (Å²) in [7, 11) is 0. The van der Waals surface area contributed by atoms with E-state index in [1.807, 2.05) is 37.3 Å². The van der Waals surface area contributed by atoms with Crippen LogP contribution in [0.4, 0.5) is 0 Å². The van der Waals surface area contributed by atoms with Gasteiger partial charge in [-0.15, -0.1) is 10.2 Å². The molecule has 1 aromatic carbocycles. The summed E-state index contributed by atoms with van der Waals surface area (Å²) in [6.07, 6.45) is 2.55. The Morgan fingerprint density at radius 3 is 2.77 bits per heavy atom. The highest BCUT2D eigenvalue weighted by Gasteiger charge is 2.36. The number of rotatable bonds is 8. The molecular weight excluding hydrogens is 384 g/mol. The molecule has 0 spiro atoms. The molecule has 8 heteroatoms. The van der Waals surface area contributed by atoms with E-state index < -0.39 is 0 Å². The molecule has 1 fully saturated rings. The molecule has 0 N–H and O–H groups in total. The quantitative estimate of drug-likeness (QED) is 0.569. The maximum atomic E-state index is 13.2. The van der Waals surface area contributed by atoms with Crippen molar-refractivity contribution in [2.45, 2.75) is 32.9 Å². The Kier molecular flexibility index (Phi) is 5.92. The number of benzene rings is 1. The van der Waals surface area contributed by atoms with Crippen LogP contribution in [0.2, 0.25) is 0 Å². The molecule has 1 saturated heterocycles. The van der Waals surface area contributed by atoms with Crippen molar-refractivity contribution in [1.82, 2.24) is 20.0 Å². The first kappa shape index (κ1) is 19.9. The van der Waals surface area contributed by atoms with E-state index >= 15 is 0 Å². The summed E-state index contributed by atoms with van der Waals surface area (Å²) in [5.74, 6) is 0.697. The van der Waals surface area contributed by atoms with E-state index in [9.17, 15) is 9.59 Å². The standard InChI is InChI=1S/C22H24N4O4/c1-2-10-25(15-19-23-24-21(30-19)18-9-6-11-29-18)22(28)17-12-20(27)26(14-17)13-16-7-4-3-5-8-16/h3-9,11,17H,2,10,12-15H2,1H3/t17-/m0/s1. The third-order valence-corrected chi connectivity index (χ3v) is 5.11. The molecule has 4 rings (SSSR count). The number of nitrogens with zero attached hydrogens (tertiary/aromatic N) is 4. The maximum Gasteiger partial charge on any atom is 0.283 e. The summed E-state index contributed by atoms with van der Waals surface area (Å²) in [6, 6.07) is 13.3. The molecule has 1 aliphatic rings. The van der Waals surface area contributed by atoms with Crippen LogP contribution in [0.1, 0.15) is 31.2 Å². The van der Waals surface area contributed by atoms with Crippen LogP contribution in [0.5, 0.6) is 0 Å². The molecule has 156 valence electrons. The van der Waals surface area contributed by atoms with E-state index in [1.54, 1.807) is 21.9 Å². The molecule has 0 saturated carbocycles. The molecule has 1 atom stereocenters. The first-order valence-electron chi connectivity index (χ1n) is 10.1. The minimum Gasteiger partial charge on any atom is -0.459 e. The Morgan fingerprint density at radius 1 is 1.20 bits per heavy atom. The summed E-state index contributed by atoms with van der Waals surface area (Å²) < 4.78 is 10.9. The minimum absolute atomic E-state index is 0.00606. The van der Waals surface area contributed by atoms with Crippen molar-refractivity contribution in [1.29, 1.82) is 0 Å². The Bertz CT molecular complexity index is 984. The molecule has 3 heterocycles. The van der Waals surface area contributed by atoms with Gasteiger partial charge >= 0.3 is 0 Å². The first-order chi connectivity index (χ1) is 14.6. The fraction of sp³-hybridized carbons (Fsp3) is 0.364. The normalized spacial score (nSPS) is 16.2. The smallest absolute Gasteiger partial charge is 0.283 e. The summed E-state index contributed by atoms with van der Waals surface area (Å²) in [6.45, 7) is 3.72. The molecular formula is C22H24N4O4. The lowest BCUT2D eigenvalue weighted by Crippen LogP contribution is -2.37. The van der Waals surface area contributed by atoms with Crippen molar-refractivity contribution in [3.8, 4) is 11.7 Å². The Hall–Kier alpha value is -3.42. The zero-order valence-corrected chi connectivity index (χ0v) is 16.9. The highest BCUT2D eigenvalue weighted by molar-refractivity contribution is 5.89. The highest BCUT2D eigenvalue weighted by Crippen LogP contribution is 2.24. The van der Waals surface area contributed by atoms with Crippen molar-refractivity contribution < 1.29 is 18.4 Å². The van der Waals surface area contributed by atoms with Crippen LogP contribution < -0.4 is 0 Å². The molecule has 3 aromatic rings. The van der Waals surface area contributed by atoms with E-state index in [4.69, 9.17) is 8.83 Å². The van der Waals surface area contributed by atoms with Gasteiger partial charge in [0.15, 0.2) is 5.76 Å². The number of carbonyl (C=O) groups excluding carboxylic acids is 2. The van der Waals surface area contributed by atoms with Crippen LogP contribution in [0, 0.1) is 5.92 Å². The number of likely N-dealkylation sites (tertiary alicyclic amines) is 1. The largest absolute Gasteiger partial charge is 0.459 e. The predicted octanol–water partition coefficient (Wildman–Crippen LogP) is 3.12. The van der Waals surface area contributed by atoms with Crippen molar-refractivity contribution >= 4 is 11.8 Å². The average Bonchev–Trinajstić information content (AvgIpc) is 3.50. The number of carbonyl (C=O) groups is 2. The zero-order valence-electron chi connectivity index (χ0n) is 16.9. The molecule has 2 aromatic heterocycles. The monoisotopic (exact) mass is 408 g/mol. The molecule has 0 radical (unpaired) electrons. The van der Waals surface area contributed by atoms with E-state index in [1.165, 1.54) is 6.26 Å². The number of hydrogen-bond acceptors (Lipinski definition) is 6. The number of hydrogen-bond donors (Lipinski definition) is 0. The van der Waals surface area contributed by atoms with Crippen LogP contribution in [-0.4, -0.2) is 44.9 Å². The number of furan rings is 1. The second-order valence-corrected chi connectivity index (χ2v) is 7.40. The van der Waals surface area contributed by atoms with E-state index in [0.29, 0.717) is 31.3 Å². The van der Waals surface area contributed by atoms with Gasteiger partial charge in [0.05, 0.1) is 18.7 Å². The third-order valence-electron chi connectivity index (χ3n) is 5.11. The third kappa shape index (κ3) is 4.42. The SMILES string of the molecule is CCCN(Cc1nnc(-c2ccco2)o1)C(=O)[C@H]1CC(=O)N(Cc2ccccc2)C1. The second-order valence-electron chi connectivity index (χ2n) is 7.40. The molecule has 8 nitrogen and oxygen atoms in total. The van der Waals surface area contributed by atoms with Gasteiger partial charge in [0.25, 0.3) is 5.89 Å².